The van der Waals surface area contributed by atoms with Crippen molar-refractivity contribution < 1.29 is 9.50 Å². The maximum Gasteiger partial charge on any atom is 0.279 e. The predicted octanol–water partition coefficient (Wildman–Crippen LogP) is 1.82. The van der Waals surface area contributed by atoms with Gasteiger partial charge in [-0.3, -0.25) is 0 Å². The normalized spacial score (nSPS) is 41.4. The zero-order valence-corrected chi connectivity index (χ0v) is 5.31. The first-order chi connectivity index (χ1) is 4.13. The van der Waals surface area contributed by atoms with Gasteiger partial charge < -0.3 is 0 Å². The summed E-state index contributed by atoms with van der Waals surface area (Å²) in [5.74, 6) is -2.61. The van der Waals surface area contributed by atoms with Gasteiger partial charge in [-0.05, 0) is 6.08 Å². The first-order valence-corrected chi connectivity index (χ1v) is 2.96. The molecule has 1 radical (unpaired) electrons. The minimum absolute atomic E-state index is 0.907. The van der Waals surface area contributed by atoms with Gasteiger partial charge in [0, 0.05) is 0 Å². The summed E-state index contributed by atoms with van der Waals surface area (Å²) < 4.78 is 12.4. The van der Waals surface area contributed by atoms with Crippen LogP contribution in [0.3, 0.4) is 0 Å². The smallest absolute Gasteiger partial charge is 0.202 e. The van der Waals surface area contributed by atoms with Crippen molar-refractivity contribution in [2.45, 2.75) is 11.2 Å². The zero-order valence-electron chi connectivity index (χ0n) is 4.55. The lowest BCUT2D eigenvalue weighted by Crippen LogP contribution is -2.29. The standard InChI is InChI=1S/C6H5ClFO/c7-5-3-1-2-4-6(5,8)9/h1-5H. The average Bonchev–Trinajstić information content (AvgIpc) is 1.77. The molecule has 2 atom stereocenters. The van der Waals surface area contributed by atoms with Crippen LogP contribution >= 0.6 is 11.6 Å². The second kappa shape index (κ2) is 2.12. The second-order valence-electron chi connectivity index (χ2n) is 1.84. The molecule has 0 spiro atoms. The summed E-state index contributed by atoms with van der Waals surface area (Å²) in [7, 11) is 0. The van der Waals surface area contributed by atoms with Gasteiger partial charge in [-0.1, -0.05) is 18.2 Å². The van der Waals surface area contributed by atoms with E-state index in [9.17, 15) is 9.50 Å². The number of hydrogen-bond donors (Lipinski definition) is 0. The lowest BCUT2D eigenvalue weighted by atomic mass is 10.1. The molecule has 1 aliphatic rings. The monoisotopic (exact) mass is 147 g/mol. The molecule has 0 aromatic rings. The van der Waals surface area contributed by atoms with Crippen LogP contribution in [-0.2, 0) is 5.11 Å². The van der Waals surface area contributed by atoms with Crippen molar-refractivity contribution in [2.24, 2.45) is 0 Å². The third-order valence-electron chi connectivity index (χ3n) is 1.09. The van der Waals surface area contributed by atoms with Gasteiger partial charge in [0.25, 0.3) is 5.85 Å². The van der Waals surface area contributed by atoms with Crippen molar-refractivity contribution in [2.75, 3.05) is 0 Å². The van der Waals surface area contributed by atoms with Crippen molar-refractivity contribution in [1.82, 2.24) is 0 Å². The van der Waals surface area contributed by atoms with E-state index in [1.165, 1.54) is 12.2 Å². The van der Waals surface area contributed by atoms with Gasteiger partial charge in [-0.15, -0.1) is 11.6 Å². The highest BCUT2D eigenvalue weighted by molar-refractivity contribution is 6.22. The maximum absolute atomic E-state index is 12.4. The number of rotatable bonds is 0. The average molecular weight is 148 g/mol. The maximum atomic E-state index is 12.4. The number of alkyl halides is 2. The van der Waals surface area contributed by atoms with E-state index < -0.39 is 11.2 Å². The van der Waals surface area contributed by atoms with Gasteiger partial charge in [0.1, 0.15) is 5.38 Å². The molecule has 1 rings (SSSR count). The van der Waals surface area contributed by atoms with Crippen LogP contribution in [-0.4, -0.2) is 11.2 Å². The Morgan fingerprint density at radius 2 is 2.22 bits per heavy atom. The van der Waals surface area contributed by atoms with Crippen LogP contribution in [0.15, 0.2) is 24.3 Å². The van der Waals surface area contributed by atoms with Crippen molar-refractivity contribution >= 4 is 11.6 Å². The fourth-order valence-electron chi connectivity index (χ4n) is 0.572. The molecule has 3 heteroatoms. The first-order valence-electron chi connectivity index (χ1n) is 2.52. The summed E-state index contributed by atoms with van der Waals surface area (Å²) in [4.78, 5) is 0. The summed E-state index contributed by atoms with van der Waals surface area (Å²) >= 11 is 5.28. The quantitative estimate of drug-likeness (QED) is 0.466. The Hall–Kier alpha value is -0.340. The first kappa shape index (κ1) is 6.78. The van der Waals surface area contributed by atoms with Crippen LogP contribution in [0.25, 0.3) is 0 Å². The van der Waals surface area contributed by atoms with Crippen molar-refractivity contribution in [3.63, 3.8) is 0 Å². The summed E-state index contributed by atoms with van der Waals surface area (Å²) in [6, 6.07) is 0. The fourth-order valence-corrected chi connectivity index (χ4v) is 0.728. The number of hydrogen-bond acceptors (Lipinski definition) is 0. The lowest BCUT2D eigenvalue weighted by Gasteiger charge is -2.16. The SMILES string of the molecule is [O]C1(F)C=CC=CC1Cl. The van der Waals surface area contributed by atoms with Gasteiger partial charge in [-0.25, -0.2) is 4.39 Å². The van der Waals surface area contributed by atoms with Crippen LogP contribution in [0.2, 0.25) is 0 Å². The van der Waals surface area contributed by atoms with Crippen LogP contribution in [0.5, 0.6) is 0 Å². The van der Waals surface area contributed by atoms with Gasteiger partial charge in [0.05, 0.1) is 0 Å². The minimum atomic E-state index is -2.61. The van der Waals surface area contributed by atoms with E-state index in [1.54, 1.807) is 6.08 Å². The molecule has 0 fully saturated rings. The van der Waals surface area contributed by atoms with Gasteiger partial charge >= 0.3 is 0 Å². The third kappa shape index (κ3) is 1.32. The number of halogens is 2. The van der Waals surface area contributed by atoms with Crippen molar-refractivity contribution in [3.05, 3.63) is 24.3 Å². The largest absolute Gasteiger partial charge is 0.279 e. The zero-order chi connectivity index (χ0) is 6.91. The molecule has 1 nitrogen and oxygen atoms in total. The Morgan fingerprint density at radius 1 is 1.56 bits per heavy atom. The Labute approximate surface area is 57.4 Å². The van der Waals surface area contributed by atoms with Crippen LogP contribution in [0, 0.1) is 0 Å². The van der Waals surface area contributed by atoms with Gasteiger partial charge in [-0.2, -0.15) is 5.11 Å². The molecule has 0 N–H and O–H groups in total. The molecule has 0 aromatic heterocycles. The molecule has 2 unspecified atom stereocenters. The minimum Gasteiger partial charge on any atom is -0.202 e. The Morgan fingerprint density at radius 3 is 2.56 bits per heavy atom. The molecule has 0 bridgehead atoms. The highest BCUT2D eigenvalue weighted by Crippen LogP contribution is 2.24. The van der Waals surface area contributed by atoms with E-state index in [-0.39, 0.29) is 0 Å². The molecule has 1 aliphatic carbocycles. The Balaban J connectivity index is 2.78. The summed E-state index contributed by atoms with van der Waals surface area (Å²) in [5.41, 5.74) is 0. The van der Waals surface area contributed by atoms with E-state index in [1.807, 2.05) is 0 Å². The molecule has 0 saturated heterocycles. The Bertz CT molecular complexity index is 162. The molecule has 0 amide bonds. The lowest BCUT2D eigenvalue weighted by molar-refractivity contribution is -0.0934. The van der Waals surface area contributed by atoms with Crippen LogP contribution < -0.4 is 0 Å². The fraction of sp³-hybridized carbons (Fsp3) is 0.333. The highest BCUT2D eigenvalue weighted by atomic mass is 35.5. The third-order valence-corrected chi connectivity index (χ3v) is 1.53. The highest BCUT2D eigenvalue weighted by Gasteiger charge is 2.34. The van der Waals surface area contributed by atoms with E-state index in [0.717, 1.165) is 6.08 Å². The van der Waals surface area contributed by atoms with Crippen LogP contribution in [0.1, 0.15) is 0 Å². The van der Waals surface area contributed by atoms with E-state index in [2.05, 4.69) is 0 Å². The molecule has 0 heterocycles. The van der Waals surface area contributed by atoms with Crippen LogP contribution in [0.4, 0.5) is 4.39 Å². The molecule has 0 aromatic carbocycles. The molecule has 49 valence electrons. The predicted molar refractivity (Wildman–Crippen MR) is 32.4 cm³/mol. The topological polar surface area (TPSA) is 19.9 Å². The molecule has 9 heavy (non-hydrogen) atoms. The molecule has 0 aliphatic heterocycles. The molecular formula is C6H5ClFO. The van der Waals surface area contributed by atoms with Gasteiger partial charge in [0.2, 0.25) is 0 Å². The summed E-state index contributed by atoms with van der Waals surface area (Å²) in [6.45, 7) is 0. The number of allylic oxidation sites excluding steroid dienone is 2. The van der Waals surface area contributed by atoms with Crippen molar-refractivity contribution in [3.8, 4) is 0 Å². The van der Waals surface area contributed by atoms with Crippen molar-refractivity contribution in [1.29, 1.82) is 0 Å². The second-order valence-corrected chi connectivity index (χ2v) is 2.31. The summed E-state index contributed by atoms with van der Waals surface area (Å²) in [5, 5.41) is 9.45. The van der Waals surface area contributed by atoms with E-state index in [0.29, 0.717) is 0 Å². The molecule has 0 saturated carbocycles. The van der Waals surface area contributed by atoms with E-state index in [4.69, 9.17) is 11.6 Å². The molecular weight excluding hydrogens is 143 g/mol. The van der Waals surface area contributed by atoms with E-state index >= 15 is 0 Å². The Kier molecular flexibility index (Phi) is 1.60. The summed E-state index contributed by atoms with van der Waals surface area (Å²) in [6.07, 6.45) is 5.14. The van der Waals surface area contributed by atoms with Gasteiger partial charge in [0.15, 0.2) is 0 Å².